The third kappa shape index (κ3) is 6.49. The Morgan fingerprint density at radius 2 is 1.62 bits per heavy atom. The van der Waals surface area contributed by atoms with Crippen molar-refractivity contribution in [2.75, 3.05) is 0 Å². The number of oxime groups is 1. The minimum atomic E-state index is -4.87. The lowest BCUT2D eigenvalue weighted by Gasteiger charge is -2.20. The van der Waals surface area contributed by atoms with E-state index in [9.17, 15) is 18.0 Å². The first kappa shape index (κ1) is 26.7. The zero-order chi connectivity index (χ0) is 26.6. The van der Waals surface area contributed by atoms with Gasteiger partial charge in [-0.3, -0.25) is 4.79 Å². The van der Waals surface area contributed by atoms with Gasteiger partial charge in [-0.05, 0) is 42.0 Å². The quantitative estimate of drug-likeness (QED) is 0.148. The summed E-state index contributed by atoms with van der Waals surface area (Å²) in [4.78, 5) is 26.3. The number of alkyl halides is 3. The molecular weight excluding hydrogens is 552 g/mol. The Balaban J connectivity index is 1.64. The van der Waals surface area contributed by atoms with Crippen molar-refractivity contribution in [2.24, 2.45) is 5.16 Å². The van der Waals surface area contributed by atoms with Gasteiger partial charge >= 0.3 is 6.18 Å². The fourth-order valence-corrected chi connectivity index (χ4v) is 4.06. The Bertz CT molecular complexity index is 1460. The van der Waals surface area contributed by atoms with Gasteiger partial charge in [-0.15, -0.1) is 0 Å². The van der Waals surface area contributed by atoms with Gasteiger partial charge in [0.25, 0.3) is 0 Å². The SMILES string of the molecule is O=C(NC=NOCc1ccc(Cl)cc1Cl)[C@@H](c1ccc(Cl)cc1)c1nc2ccccc2nc1C(F)(F)F. The number of nitrogens with one attached hydrogen (secondary N) is 1. The van der Waals surface area contributed by atoms with Crippen LogP contribution in [0, 0.1) is 0 Å². The lowest BCUT2D eigenvalue weighted by atomic mass is 9.92. The van der Waals surface area contributed by atoms with Crippen molar-refractivity contribution in [2.45, 2.75) is 18.7 Å². The standard InChI is InChI=1S/C25H16Cl3F3N4O2/c26-16-8-5-14(6-9-16)21(22-23(25(29,30)31)35-20-4-2-1-3-19(20)34-22)24(36)32-13-33-37-12-15-7-10-17(27)11-18(15)28/h1-11,13,21H,12H2,(H,32,33,36)/t21-/m0/s1. The highest BCUT2D eigenvalue weighted by atomic mass is 35.5. The molecule has 0 fully saturated rings. The summed E-state index contributed by atoms with van der Waals surface area (Å²) in [6.45, 7) is -0.0304. The summed E-state index contributed by atoms with van der Waals surface area (Å²) in [5.74, 6) is -2.32. The van der Waals surface area contributed by atoms with E-state index in [1.165, 1.54) is 42.5 Å². The number of rotatable bonds is 7. The van der Waals surface area contributed by atoms with Gasteiger partial charge in [-0.25, -0.2) is 9.97 Å². The molecule has 1 amide bonds. The zero-order valence-corrected chi connectivity index (χ0v) is 20.9. The van der Waals surface area contributed by atoms with Crippen molar-refractivity contribution >= 4 is 58.1 Å². The van der Waals surface area contributed by atoms with Crippen LogP contribution in [-0.2, 0) is 22.4 Å². The highest BCUT2D eigenvalue weighted by Crippen LogP contribution is 2.37. The number of aromatic nitrogens is 2. The second-order valence-corrected chi connectivity index (χ2v) is 8.96. The van der Waals surface area contributed by atoms with Crippen LogP contribution in [0.2, 0.25) is 15.1 Å². The number of carbonyl (C=O) groups is 1. The van der Waals surface area contributed by atoms with Crippen LogP contribution in [0.3, 0.4) is 0 Å². The Kier molecular flexibility index (Phi) is 8.16. The maximum absolute atomic E-state index is 14.0. The number of fused-ring (bicyclic) bond motifs is 1. The summed E-state index contributed by atoms with van der Waals surface area (Å²) < 4.78 is 42.1. The number of hydrogen-bond donors (Lipinski definition) is 1. The second-order valence-electron chi connectivity index (χ2n) is 7.68. The van der Waals surface area contributed by atoms with Crippen molar-refractivity contribution < 1.29 is 22.8 Å². The molecule has 0 aliphatic rings. The minimum Gasteiger partial charge on any atom is -0.390 e. The largest absolute Gasteiger partial charge is 0.435 e. The molecule has 1 atom stereocenters. The highest BCUT2D eigenvalue weighted by Gasteiger charge is 2.41. The van der Waals surface area contributed by atoms with Gasteiger partial charge in [0.05, 0.1) is 16.7 Å². The van der Waals surface area contributed by atoms with E-state index in [1.807, 2.05) is 0 Å². The molecule has 0 bridgehead atoms. The van der Waals surface area contributed by atoms with Gasteiger partial charge in [-0.2, -0.15) is 13.2 Å². The summed E-state index contributed by atoms with van der Waals surface area (Å²) in [5.41, 5.74) is -0.770. The van der Waals surface area contributed by atoms with Crippen LogP contribution >= 0.6 is 34.8 Å². The summed E-state index contributed by atoms with van der Waals surface area (Å²) in [6, 6.07) is 16.7. The molecule has 0 spiro atoms. The molecule has 1 heterocycles. The van der Waals surface area contributed by atoms with Gasteiger partial charge in [0.15, 0.2) is 5.69 Å². The van der Waals surface area contributed by atoms with Crippen LogP contribution in [0.25, 0.3) is 11.0 Å². The maximum atomic E-state index is 14.0. The van der Waals surface area contributed by atoms with Crippen molar-refractivity contribution in [1.29, 1.82) is 0 Å². The predicted molar refractivity (Wildman–Crippen MR) is 136 cm³/mol. The molecule has 0 radical (unpaired) electrons. The normalized spacial score (nSPS) is 12.6. The first-order valence-corrected chi connectivity index (χ1v) is 11.7. The molecule has 0 unspecified atom stereocenters. The van der Waals surface area contributed by atoms with Crippen LogP contribution in [0.15, 0.2) is 71.9 Å². The van der Waals surface area contributed by atoms with Crippen molar-refractivity contribution in [3.8, 4) is 0 Å². The van der Waals surface area contributed by atoms with Gasteiger partial charge in [0, 0.05) is 20.6 Å². The molecular formula is C25H16Cl3F3N4O2. The molecule has 12 heteroatoms. The minimum absolute atomic E-state index is 0.0304. The molecule has 4 rings (SSSR count). The molecule has 0 saturated carbocycles. The van der Waals surface area contributed by atoms with Crippen LogP contribution in [0.4, 0.5) is 13.2 Å². The maximum Gasteiger partial charge on any atom is 0.435 e. The molecule has 190 valence electrons. The van der Waals surface area contributed by atoms with Crippen LogP contribution in [0.5, 0.6) is 0 Å². The van der Waals surface area contributed by atoms with Gasteiger partial charge < -0.3 is 10.2 Å². The molecule has 0 saturated heterocycles. The zero-order valence-electron chi connectivity index (χ0n) is 18.6. The van der Waals surface area contributed by atoms with E-state index in [2.05, 4.69) is 20.4 Å². The third-order valence-electron chi connectivity index (χ3n) is 5.17. The average Bonchev–Trinajstić information content (AvgIpc) is 2.85. The fraction of sp³-hybridized carbons (Fsp3) is 0.120. The molecule has 0 aliphatic carbocycles. The van der Waals surface area contributed by atoms with E-state index in [1.54, 1.807) is 24.3 Å². The molecule has 3 aromatic carbocycles. The van der Waals surface area contributed by atoms with Crippen LogP contribution in [-0.4, -0.2) is 22.2 Å². The number of hydrogen-bond acceptors (Lipinski definition) is 5. The number of halogens is 6. The van der Waals surface area contributed by atoms with Crippen molar-refractivity contribution in [1.82, 2.24) is 15.3 Å². The van der Waals surface area contributed by atoms with Gasteiger partial charge in [0.1, 0.15) is 18.9 Å². The van der Waals surface area contributed by atoms with E-state index in [4.69, 9.17) is 39.6 Å². The summed E-state index contributed by atoms with van der Waals surface area (Å²) in [6.07, 6.45) is -3.94. The lowest BCUT2D eigenvalue weighted by molar-refractivity contribution is -0.142. The van der Waals surface area contributed by atoms with Crippen molar-refractivity contribution in [3.63, 3.8) is 0 Å². The number of benzene rings is 3. The van der Waals surface area contributed by atoms with Crippen molar-refractivity contribution in [3.05, 3.63) is 104 Å². The monoisotopic (exact) mass is 566 g/mol. The second kappa shape index (κ2) is 11.3. The lowest BCUT2D eigenvalue weighted by Crippen LogP contribution is -2.31. The average molecular weight is 568 g/mol. The first-order chi connectivity index (χ1) is 17.6. The number of amides is 1. The Morgan fingerprint density at radius 1 is 0.973 bits per heavy atom. The topological polar surface area (TPSA) is 76.5 Å². The molecule has 37 heavy (non-hydrogen) atoms. The smallest absolute Gasteiger partial charge is 0.390 e. The number of carbonyl (C=O) groups excluding carboxylic acids is 1. The van der Waals surface area contributed by atoms with Gasteiger partial charge in [-0.1, -0.05) is 70.3 Å². The summed E-state index contributed by atoms with van der Waals surface area (Å²) >= 11 is 17.9. The number of nitrogens with zero attached hydrogens (tertiary/aromatic N) is 3. The summed E-state index contributed by atoms with van der Waals surface area (Å²) in [7, 11) is 0. The molecule has 1 aromatic heterocycles. The first-order valence-electron chi connectivity index (χ1n) is 10.6. The van der Waals surface area contributed by atoms with E-state index < -0.39 is 29.4 Å². The van der Waals surface area contributed by atoms with E-state index in [0.717, 1.165) is 6.34 Å². The highest BCUT2D eigenvalue weighted by molar-refractivity contribution is 6.35. The van der Waals surface area contributed by atoms with E-state index in [-0.39, 0.29) is 23.2 Å². The molecule has 4 aromatic rings. The fourth-order valence-electron chi connectivity index (χ4n) is 3.47. The third-order valence-corrected chi connectivity index (χ3v) is 6.01. The molecule has 6 nitrogen and oxygen atoms in total. The molecule has 1 N–H and O–H groups in total. The van der Waals surface area contributed by atoms with E-state index >= 15 is 0 Å². The summed E-state index contributed by atoms with van der Waals surface area (Å²) in [5, 5.41) is 7.16. The van der Waals surface area contributed by atoms with E-state index in [0.29, 0.717) is 20.6 Å². The Hall–Kier alpha value is -3.40. The predicted octanol–water partition coefficient (Wildman–Crippen LogP) is 7.02. The molecule has 0 aliphatic heterocycles. The van der Waals surface area contributed by atoms with Gasteiger partial charge in [0.2, 0.25) is 5.91 Å². The Labute approximate surface area is 224 Å². The van der Waals surface area contributed by atoms with Crippen LogP contribution in [0.1, 0.15) is 28.4 Å². The Morgan fingerprint density at radius 3 is 2.27 bits per heavy atom. The number of para-hydroxylation sites is 2. The van der Waals surface area contributed by atoms with Crippen LogP contribution < -0.4 is 5.32 Å².